The molecule has 4 N–H and O–H groups in total. The molecule has 0 spiro atoms. The number of nitrogens with two attached hydrogens (primary N) is 1. The Bertz CT molecular complexity index is 744. The van der Waals surface area contributed by atoms with Crippen LogP contribution in [0.3, 0.4) is 0 Å². The first kappa shape index (κ1) is 21.0. The molecule has 0 radical (unpaired) electrons. The number of halogens is 1. The fourth-order valence-corrected chi connectivity index (χ4v) is 2.29. The topological polar surface area (TPSA) is 79.5 Å². The van der Waals surface area contributed by atoms with Gasteiger partial charge in [0.05, 0.1) is 6.54 Å². The Kier molecular flexibility index (Phi) is 8.40. The van der Waals surface area contributed by atoms with Gasteiger partial charge in [-0.2, -0.15) is 0 Å². The van der Waals surface area contributed by atoms with Gasteiger partial charge in [-0.15, -0.1) is 24.0 Å². The zero-order valence-electron chi connectivity index (χ0n) is 14.7. The summed E-state index contributed by atoms with van der Waals surface area (Å²) in [6.07, 6.45) is 0. The molecule has 6 heteroatoms. The molecule has 0 aliphatic heterocycles. The molecule has 25 heavy (non-hydrogen) atoms. The number of benzene rings is 2. The maximum absolute atomic E-state index is 11.6. The monoisotopic (exact) mass is 452 g/mol. The molecule has 0 aliphatic carbocycles. The lowest BCUT2D eigenvalue weighted by Gasteiger charge is -2.10. The lowest BCUT2D eigenvalue weighted by Crippen LogP contribution is -2.22. The summed E-state index contributed by atoms with van der Waals surface area (Å²) in [4.78, 5) is 16.0. The molecular weight excluding hydrogens is 427 g/mol. The molecule has 0 saturated carbocycles. The molecule has 0 aromatic heterocycles. The van der Waals surface area contributed by atoms with E-state index in [1.807, 2.05) is 30.3 Å². The highest BCUT2D eigenvalue weighted by Gasteiger charge is 2.04. The molecule has 0 fully saturated rings. The van der Waals surface area contributed by atoms with Crippen LogP contribution in [-0.2, 0) is 6.54 Å². The Morgan fingerprint density at radius 2 is 1.88 bits per heavy atom. The van der Waals surface area contributed by atoms with E-state index in [0.717, 1.165) is 11.3 Å². The number of nitrogens with one attached hydrogen (secondary N) is 2. The minimum Gasteiger partial charge on any atom is -0.370 e. The normalized spacial score (nSPS) is 11.0. The summed E-state index contributed by atoms with van der Waals surface area (Å²) in [5.41, 5.74) is 9.66. The molecule has 2 aromatic rings. The number of hydrogen-bond donors (Lipinski definition) is 3. The van der Waals surface area contributed by atoms with Crippen molar-refractivity contribution in [2.75, 3.05) is 12.4 Å². The third kappa shape index (κ3) is 6.38. The fourth-order valence-electron chi connectivity index (χ4n) is 2.29. The first-order valence-corrected chi connectivity index (χ1v) is 7.97. The Balaban J connectivity index is 0.00000312. The second kappa shape index (κ2) is 10.0. The molecule has 5 nitrogen and oxygen atoms in total. The average Bonchev–Trinajstić information content (AvgIpc) is 2.59. The van der Waals surface area contributed by atoms with E-state index in [-0.39, 0.29) is 29.9 Å². The van der Waals surface area contributed by atoms with Gasteiger partial charge in [-0.1, -0.05) is 38.1 Å². The summed E-state index contributed by atoms with van der Waals surface area (Å²) in [5.74, 6) is 0.691. The van der Waals surface area contributed by atoms with Crippen molar-refractivity contribution in [2.45, 2.75) is 26.3 Å². The van der Waals surface area contributed by atoms with Crippen molar-refractivity contribution < 1.29 is 4.79 Å². The number of hydrogen-bond acceptors (Lipinski definition) is 2. The van der Waals surface area contributed by atoms with Crippen molar-refractivity contribution in [1.29, 1.82) is 0 Å². The number of aliphatic imine (C=N–C) groups is 1. The molecule has 0 saturated heterocycles. The van der Waals surface area contributed by atoms with Gasteiger partial charge in [0.25, 0.3) is 5.91 Å². The molecule has 2 aromatic carbocycles. The van der Waals surface area contributed by atoms with Crippen LogP contribution in [0.25, 0.3) is 0 Å². The van der Waals surface area contributed by atoms with Gasteiger partial charge in [0, 0.05) is 18.3 Å². The zero-order chi connectivity index (χ0) is 17.5. The van der Waals surface area contributed by atoms with Crippen molar-refractivity contribution >= 4 is 41.5 Å². The molecule has 0 aliphatic rings. The van der Waals surface area contributed by atoms with Gasteiger partial charge >= 0.3 is 0 Å². The van der Waals surface area contributed by atoms with Crippen molar-refractivity contribution in [2.24, 2.45) is 10.7 Å². The number of amides is 1. The quantitative estimate of drug-likeness (QED) is 0.368. The zero-order valence-corrected chi connectivity index (χ0v) is 17.1. The van der Waals surface area contributed by atoms with E-state index in [1.165, 1.54) is 5.56 Å². The van der Waals surface area contributed by atoms with Crippen LogP contribution >= 0.6 is 24.0 Å². The number of anilines is 1. The predicted molar refractivity (Wildman–Crippen MR) is 115 cm³/mol. The summed E-state index contributed by atoms with van der Waals surface area (Å²) in [6.45, 7) is 4.71. The number of carbonyl (C=O) groups is 1. The Hall–Kier alpha value is -2.09. The number of rotatable bonds is 5. The highest BCUT2D eigenvalue weighted by molar-refractivity contribution is 14.0. The first-order chi connectivity index (χ1) is 11.5. The number of carbonyl (C=O) groups excluding carboxylic acids is 1. The van der Waals surface area contributed by atoms with Crippen molar-refractivity contribution in [3.8, 4) is 0 Å². The van der Waals surface area contributed by atoms with Crippen LogP contribution < -0.4 is 16.4 Å². The van der Waals surface area contributed by atoms with E-state index < -0.39 is 0 Å². The number of nitrogens with zero attached hydrogens (tertiary/aromatic N) is 1. The Morgan fingerprint density at radius 3 is 2.56 bits per heavy atom. The smallest absolute Gasteiger partial charge is 0.251 e. The molecule has 0 unspecified atom stereocenters. The highest BCUT2D eigenvalue weighted by Crippen LogP contribution is 2.18. The molecule has 0 atom stereocenters. The van der Waals surface area contributed by atoms with Gasteiger partial charge in [-0.05, 0) is 41.3 Å². The van der Waals surface area contributed by atoms with Crippen molar-refractivity contribution in [1.82, 2.24) is 5.32 Å². The highest BCUT2D eigenvalue weighted by atomic mass is 127. The van der Waals surface area contributed by atoms with Gasteiger partial charge in [0.15, 0.2) is 5.96 Å². The maximum atomic E-state index is 11.6. The Labute approximate surface area is 166 Å². The van der Waals surface area contributed by atoms with Crippen LogP contribution in [0.15, 0.2) is 53.5 Å². The fraction of sp³-hybridized carbons (Fsp3) is 0.263. The van der Waals surface area contributed by atoms with Crippen LogP contribution in [0.5, 0.6) is 0 Å². The van der Waals surface area contributed by atoms with Crippen LogP contribution in [0.1, 0.15) is 41.3 Å². The Morgan fingerprint density at radius 1 is 1.16 bits per heavy atom. The lowest BCUT2D eigenvalue weighted by molar-refractivity contribution is 0.0963. The first-order valence-electron chi connectivity index (χ1n) is 7.97. The summed E-state index contributed by atoms with van der Waals surface area (Å²) in [6, 6.07) is 15.5. The van der Waals surface area contributed by atoms with E-state index in [1.54, 1.807) is 13.1 Å². The van der Waals surface area contributed by atoms with Gasteiger partial charge in [-0.3, -0.25) is 4.79 Å². The largest absolute Gasteiger partial charge is 0.370 e. The van der Waals surface area contributed by atoms with E-state index in [2.05, 4.69) is 41.6 Å². The van der Waals surface area contributed by atoms with Crippen molar-refractivity contribution in [3.05, 3.63) is 65.2 Å². The second-order valence-electron chi connectivity index (χ2n) is 5.89. The second-order valence-corrected chi connectivity index (χ2v) is 5.89. The third-order valence-corrected chi connectivity index (χ3v) is 3.67. The summed E-state index contributed by atoms with van der Waals surface area (Å²) in [7, 11) is 1.61. The van der Waals surface area contributed by atoms with E-state index >= 15 is 0 Å². The standard InChI is InChI=1S/C19H24N4O.HI/c1-13(2)15-7-5-9-17(11-15)23-19(20)22-12-14-6-4-8-16(10-14)18(24)21-3;/h4-11,13H,12H2,1-3H3,(H,21,24)(H3,20,22,23);1H. The van der Waals surface area contributed by atoms with Crippen LogP contribution in [0, 0.1) is 0 Å². The molecular formula is C19H25IN4O. The summed E-state index contributed by atoms with van der Waals surface area (Å²) >= 11 is 0. The maximum Gasteiger partial charge on any atom is 0.251 e. The van der Waals surface area contributed by atoms with Crippen LogP contribution in [0.2, 0.25) is 0 Å². The predicted octanol–water partition coefficient (Wildman–Crippen LogP) is 3.71. The van der Waals surface area contributed by atoms with Gasteiger partial charge in [0.1, 0.15) is 0 Å². The van der Waals surface area contributed by atoms with Crippen LogP contribution in [-0.4, -0.2) is 18.9 Å². The minimum absolute atomic E-state index is 0. The van der Waals surface area contributed by atoms with Gasteiger partial charge < -0.3 is 16.4 Å². The third-order valence-electron chi connectivity index (χ3n) is 3.67. The van der Waals surface area contributed by atoms with Gasteiger partial charge in [-0.25, -0.2) is 4.99 Å². The minimum atomic E-state index is -0.113. The summed E-state index contributed by atoms with van der Waals surface area (Å²) in [5, 5.41) is 5.71. The summed E-state index contributed by atoms with van der Waals surface area (Å²) < 4.78 is 0. The lowest BCUT2D eigenvalue weighted by atomic mass is 10.0. The molecule has 1 amide bonds. The van der Waals surface area contributed by atoms with E-state index in [4.69, 9.17) is 5.73 Å². The number of guanidine groups is 1. The van der Waals surface area contributed by atoms with Crippen LogP contribution in [0.4, 0.5) is 5.69 Å². The molecule has 2 rings (SSSR count). The SMILES string of the molecule is CNC(=O)c1cccc(CN=C(N)Nc2cccc(C(C)C)c2)c1.I. The van der Waals surface area contributed by atoms with E-state index in [9.17, 15) is 4.79 Å². The molecule has 0 heterocycles. The van der Waals surface area contributed by atoms with Crippen molar-refractivity contribution in [3.63, 3.8) is 0 Å². The van der Waals surface area contributed by atoms with Gasteiger partial charge in [0.2, 0.25) is 0 Å². The van der Waals surface area contributed by atoms with E-state index in [0.29, 0.717) is 24.0 Å². The average molecular weight is 452 g/mol. The molecule has 134 valence electrons. The molecule has 0 bridgehead atoms.